The first kappa shape index (κ1) is 14.5. The topological polar surface area (TPSA) is 54.0 Å². The molecule has 20 heavy (non-hydrogen) atoms. The predicted octanol–water partition coefficient (Wildman–Crippen LogP) is 3.92. The second kappa shape index (κ2) is 7.05. The van der Waals surface area contributed by atoms with Gasteiger partial charge in [-0.05, 0) is 30.7 Å². The zero-order valence-electron chi connectivity index (χ0n) is 11.2. The van der Waals surface area contributed by atoms with Crippen LogP contribution in [0.25, 0.3) is 0 Å². The number of carbonyl (C=O) groups excluding carboxylic acids is 1. The van der Waals surface area contributed by atoms with Crippen LogP contribution in [-0.4, -0.2) is 17.4 Å². The lowest BCUT2D eigenvalue weighted by Gasteiger charge is -2.11. The Morgan fingerprint density at radius 1 is 1.35 bits per heavy atom. The molecule has 0 spiro atoms. The molecular weight excluding hydrogens is 318 g/mol. The van der Waals surface area contributed by atoms with E-state index in [0.29, 0.717) is 5.56 Å². The quantitative estimate of drug-likeness (QED) is 0.871. The number of rotatable bonds is 5. The normalized spacial score (nSPS) is 10.1. The minimum Gasteiger partial charge on any atom is -0.383 e. The van der Waals surface area contributed by atoms with E-state index >= 15 is 0 Å². The molecule has 0 atom stereocenters. The van der Waals surface area contributed by atoms with E-state index in [2.05, 4.69) is 38.5 Å². The molecule has 1 heterocycles. The molecule has 2 rings (SSSR count). The van der Waals surface area contributed by atoms with Gasteiger partial charge in [0.25, 0.3) is 5.91 Å². The average Bonchev–Trinajstić information content (AvgIpc) is 2.45. The van der Waals surface area contributed by atoms with Gasteiger partial charge < -0.3 is 10.6 Å². The number of amides is 1. The summed E-state index contributed by atoms with van der Waals surface area (Å²) in [6, 6.07) is 9.21. The first-order chi connectivity index (χ1) is 9.70. The molecule has 5 heteroatoms. The fraction of sp³-hybridized carbons (Fsp3) is 0.200. The van der Waals surface area contributed by atoms with Crippen LogP contribution in [0, 0.1) is 0 Å². The third kappa shape index (κ3) is 3.81. The number of anilines is 2. The Morgan fingerprint density at radius 3 is 2.95 bits per heavy atom. The van der Waals surface area contributed by atoms with Crippen LogP contribution in [-0.2, 0) is 0 Å². The van der Waals surface area contributed by atoms with Gasteiger partial charge in [-0.2, -0.15) is 0 Å². The van der Waals surface area contributed by atoms with E-state index in [1.165, 1.54) is 0 Å². The van der Waals surface area contributed by atoms with Gasteiger partial charge in [0, 0.05) is 22.9 Å². The minimum absolute atomic E-state index is 0.149. The molecule has 4 nitrogen and oxygen atoms in total. The lowest BCUT2D eigenvalue weighted by molar-refractivity contribution is 0.102. The van der Waals surface area contributed by atoms with Crippen LogP contribution >= 0.6 is 15.9 Å². The number of halogens is 1. The molecule has 0 radical (unpaired) electrons. The third-order valence-electron chi connectivity index (χ3n) is 2.71. The lowest BCUT2D eigenvalue weighted by Crippen LogP contribution is -2.15. The van der Waals surface area contributed by atoms with Crippen molar-refractivity contribution in [1.82, 2.24) is 4.98 Å². The molecule has 0 saturated heterocycles. The van der Waals surface area contributed by atoms with Crippen LogP contribution in [0.4, 0.5) is 11.4 Å². The van der Waals surface area contributed by atoms with Gasteiger partial charge in [0.2, 0.25) is 0 Å². The zero-order chi connectivity index (χ0) is 14.4. The summed E-state index contributed by atoms with van der Waals surface area (Å²) in [5.41, 5.74) is 2.10. The Labute approximate surface area is 126 Å². The summed E-state index contributed by atoms with van der Waals surface area (Å²) in [6.07, 6.45) is 4.28. The largest absolute Gasteiger partial charge is 0.383 e. The zero-order valence-corrected chi connectivity index (χ0v) is 12.8. The Kier molecular flexibility index (Phi) is 5.12. The van der Waals surface area contributed by atoms with Gasteiger partial charge in [0.1, 0.15) is 0 Å². The average molecular weight is 334 g/mol. The predicted molar refractivity (Wildman–Crippen MR) is 85.1 cm³/mol. The second-order valence-electron chi connectivity index (χ2n) is 4.31. The molecule has 0 bridgehead atoms. The maximum absolute atomic E-state index is 12.3. The number of pyridine rings is 1. The van der Waals surface area contributed by atoms with Crippen molar-refractivity contribution in [2.45, 2.75) is 13.3 Å². The van der Waals surface area contributed by atoms with Gasteiger partial charge in [-0.3, -0.25) is 9.78 Å². The van der Waals surface area contributed by atoms with Gasteiger partial charge in [-0.15, -0.1) is 0 Å². The molecule has 1 amide bonds. The van der Waals surface area contributed by atoms with E-state index in [1.807, 2.05) is 24.3 Å². The van der Waals surface area contributed by atoms with E-state index in [4.69, 9.17) is 0 Å². The number of nitrogens with one attached hydrogen (secondary N) is 2. The highest BCUT2D eigenvalue weighted by molar-refractivity contribution is 9.10. The van der Waals surface area contributed by atoms with Crippen LogP contribution in [0.2, 0.25) is 0 Å². The molecule has 0 aliphatic heterocycles. The van der Waals surface area contributed by atoms with Crippen molar-refractivity contribution in [2.75, 3.05) is 17.2 Å². The standard InChI is InChI=1S/C15H16BrN3O/c1-2-7-18-14-10-17-8-6-13(14)15(20)19-12-5-3-4-11(16)9-12/h3-6,8-10,18H,2,7H2,1H3,(H,19,20). The van der Waals surface area contributed by atoms with Crippen molar-refractivity contribution in [3.05, 3.63) is 52.8 Å². The molecule has 104 valence electrons. The highest BCUT2D eigenvalue weighted by Crippen LogP contribution is 2.19. The van der Waals surface area contributed by atoms with Gasteiger partial charge >= 0.3 is 0 Å². The Bertz CT molecular complexity index is 601. The molecule has 0 fully saturated rings. The highest BCUT2D eigenvalue weighted by atomic mass is 79.9. The van der Waals surface area contributed by atoms with Gasteiger partial charge in [0.05, 0.1) is 17.4 Å². The maximum Gasteiger partial charge on any atom is 0.257 e. The summed E-state index contributed by atoms with van der Waals surface area (Å²) in [6.45, 7) is 2.88. The van der Waals surface area contributed by atoms with E-state index in [0.717, 1.165) is 28.8 Å². The van der Waals surface area contributed by atoms with E-state index in [9.17, 15) is 4.79 Å². The van der Waals surface area contributed by atoms with Crippen molar-refractivity contribution < 1.29 is 4.79 Å². The second-order valence-corrected chi connectivity index (χ2v) is 5.23. The van der Waals surface area contributed by atoms with Crippen LogP contribution in [0.5, 0.6) is 0 Å². The summed E-state index contributed by atoms with van der Waals surface area (Å²) in [5, 5.41) is 6.09. The fourth-order valence-corrected chi connectivity index (χ4v) is 2.16. The van der Waals surface area contributed by atoms with E-state index in [1.54, 1.807) is 18.5 Å². The number of nitrogens with zero attached hydrogens (tertiary/aromatic N) is 1. The van der Waals surface area contributed by atoms with Crippen LogP contribution in [0.1, 0.15) is 23.7 Å². The van der Waals surface area contributed by atoms with Crippen LogP contribution in [0.3, 0.4) is 0 Å². The van der Waals surface area contributed by atoms with Crippen molar-refractivity contribution in [1.29, 1.82) is 0 Å². The van der Waals surface area contributed by atoms with Gasteiger partial charge in [0.15, 0.2) is 0 Å². The molecule has 0 aliphatic carbocycles. The fourth-order valence-electron chi connectivity index (χ4n) is 1.76. The number of hydrogen-bond acceptors (Lipinski definition) is 3. The number of carbonyl (C=O) groups is 1. The van der Waals surface area contributed by atoms with Gasteiger partial charge in [-0.25, -0.2) is 0 Å². The molecule has 2 aromatic rings. The monoisotopic (exact) mass is 333 g/mol. The molecule has 1 aromatic heterocycles. The summed E-state index contributed by atoms with van der Waals surface area (Å²) < 4.78 is 0.925. The van der Waals surface area contributed by atoms with Crippen LogP contribution in [0.15, 0.2) is 47.2 Å². The van der Waals surface area contributed by atoms with Crippen LogP contribution < -0.4 is 10.6 Å². The Morgan fingerprint density at radius 2 is 2.20 bits per heavy atom. The summed E-state index contributed by atoms with van der Waals surface area (Å²) in [7, 11) is 0. The maximum atomic E-state index is 12.3. The molecule has 0 aliphatic rings. The number of hydrogen-bond donors (Lipinski definition) is 2. The van der Waals surface area contributed by atoms with Crippen molar-refractivity contribution in [3.63, 3.8) is 0 Å². The Hall–Kier alpha value is -1.88. The molecule has 0 unspecified atom stereocenters. The van der Waals surface area contributed by atoms with E-state index in [-0.39, 0.29) is 5.91 Å². The van der Waals surface area contributed by atoms with E-state index < -0.39 is 0 Å². The third-order valence-corrected chi connectivity index (χ3v) is 3.21. The summed E-state index contributed by atoms with van der Waals surface area (Å²) >= 11 is 3.38. The summed E-state index contributed by atoms with van der Waals surface area (Å²) in [5.74, 6) is -0.149. The first-order valence-corrected chi connectivity index (χ1v) is 7.25. The molecular formula is C15H16BrN3O. The number of benzene rings is 1. The first-order valence-electron chi connectivity index (χ1n) is 6.45. The Balaban J connectivity index is 2.16. The van der Waals surface area contributed by atoms with Crippen molar-refractivity contribution in [3.8, 4) is 0 Å². The number of aromatic nitrogens is 1. The lowest BCUT2D eigenvalue weighted by atomic mass is 10.2. The highest BCUT2D eigenvalue weighted by Gasteiger charge is 2.11. The van der Waals surface area contributed by atoms with Crippen molar-refractivity contribution >= 4 is 33.2 Å². The molecule has 2 N–H and O–H groups in total. The smallest absolute Gasteiger partial charge is 0.257 e. The molecule has 1 aromatic carbocycles. The van der Waals surface area contributed by atoms with Gasteiger partial charge in [-0.1, -0.05) is 28.9 Å². The van der Waals surface area contributed by atoms with Crippen molar-refractivity contribution in [2.24, 2.45) is 0 Å². The summed E-state index contributed by atoms with van der Waals surface area (Å²) in [4.78, 5) is 16.4. The SMILES string of the molecule is CCCNc1cnccc1C(=O)Nc1cccc(Br)c1. The minimum atomic E-state index is -0.149. The molecule has 0 saturated carbocycles.